The summed E-state index contributed by atoms with van der Waals surface area (Å²) >= 11 is 0. The van der Waals surface area contributed by atoms with Crippen LogP contribution in [0.15, 0.2) is 53.8 Å². The van der Waals surface area contributed by atoms with Crippen molar-refractivity contribution in [2.24, 2.45) is 5.10 Å². The van der Waals surface area contributed by atoms with Crippen LogP contribution in [0.3, 0.4) is 0 Å². The quantitative estimate of drug-likeness (QED) is 0.722. The number of nitrogens with zero attached hydrogens (tertiary/aromatic N) is 3. The van der Waals surface area contributed by atoms with E-state index in [1.54, 1.807) is 31.3 Å². The number of aryl methyl sites for hydroxylation is 1. The normalized spacial score (nSPS) is 11.2. The van der Waals surface area contributed by atoms with Gasteiger partial charge in [-0.2, -0.15) is 5.10 Å². The van der Waals surface area contributed by atoms with Crippen LogP contribution in [0.1, 0.15) is 16.8 Å². The summed E-state index contributed by atoms with van der Waals surface area (Å²) in [6, 6.07) is 10.3. The van der Waals surface area contributed by atoms with E-state index in [-0.39, 0.29) is 24.1 Å². The van der Waals surface area contributed by atoms with Crippen LogP contribution in [0.25, 0.3) is 0 Å². The van der Waals surface area contributed by atoms with Gasteiger partial charge in [0.2, 0.25) is 5.95 Å². The van der Waals surface area contributed by atoms with Gasteiger partial charge in [0.15, 0.2) is 0 Å². The largest absolute Gasteiger partial charge is 0.488 e. The Hall–Kier alpha value is -3.22. The smallest absolute Gasteiger partial charge is 0.221 e. The fourth-order valence-corrected chi connectivity index (χ4v) is 2.23. The van der Waals surface area contributed by atoms with Gasteiger partial charge >= 0.3 is 0 Å². The zero-order chi connectivity index (χ0) is 17.8. The second kappa shape index (κ2) is 7.12. The van der Waals surface area contributed by atoms with Gasteiger partial charge in [0, 0.05) is 17.2 Å². The van der Waals surface area contributed by atoms with Crippen molar-refractivity contribution in [3.8, 4) is 5.75 Å². The predicted molar refractivity (Wildman–Crippen MR) is 91.5 cm³/mol. The van der Waals surface area contributed by atoms with Gasteiger partial charge in [-0.1, -0.05) is 18.2 Å². The molecule has 0 aliphatic heterocycles. The zero-order valence-corrected chi connectivity index (χ0v) is 13.5. The molecular formula is C18H16F2N4O. The van der Waals surface area contributed by atoms with Gasteiger partial charge in [0.25, 0.3) is 0 Å². The van der Waals surface area contributed by atoms with E-state index in [2.05, 4.69) is 10.1 Å². The van der Waals surface area contributed by atoms with Gasteiger partial charge in [0.1, 0.15) is 24.0 Å². The monoisotopic (exact) mass is 342 g/mol. The lowest BCUT2D eigenvalue weighted by Crippen LogP contribution is -2.02. The molecule has 0 bridgehead atoms. The van der Waals surface area contributed by atoms with Crippen molar-refractivity contribution in [3.05, 3.63) is 77.1 Å². The Balaban J connectivity index is 1.83. The van der Waals surface area contributed by atoms with Crippen LogP contribution in [0.5, 0.6) is 5.75 Å². The number of ether oxygens (including phenoxy) is 1. The number of halogens is 2. The first-order chi connectivity index (χ1) is 12.0. The lowest BCUT2D eigenvalue weighted by molar-refractivity contribution is 0.298. The molecule has 0 aliphatic rings. The van der Waals surface area contributed by atoms with Crippen molar-refractivity contribution in [2.75, 3.05) is 5.73 Å². The van der Waals surface area contributed by atoms with E-state index in [0.29, 0.717) is 11.1 Å². The number of aromatic nitrogens is 2. The van der Waals surface area contributed by atoms with Crippen LogP contribution >= 0.6 is 0 Å². The minimum atomic E-state index is -0.460. The minimum absolute atomic E-state index is 0.0245. The predicted octanol–water partition coefficient (Wildman–Crippen LogP) is 3.51. The number of hydrogen-bond donors (Lipinski definition) is 1. The molecule has 0 atom stereocenters. The van der Waals surface area contributed by atoms with E-state index in [9.17, 15) is 8.78 Å². The minimum Gasteiger partial charge on any atom is -0.488 e. The van der Waals surface area contributed by atoms with Crippen LogP contribution in [-0.2, 0) is 6.61 Å². The van der Waals surface area contributed by atoms with E-state index in [4.69, 9.17) is 10.5 Å². The fourth-order valence-electron chi connectivity index (χ4n) is 2.23. The van der Waals surface area contributed by atoms with Gasteiger partial charge in [-0.3, -0.25) is 0 Å². The van der Waals surface area contributed by atoms with Crippen LogP contribution in [0.2, 0.25) is 0 Å². The summed E-state index contributed by atoms with van der Waals surface area (Å²) in [4.78, 5) is 4.04. The Labute approximate surface area is 143 Å². The Bertz CT molecular complexity index is 921. The summed E-state index contributed by atoms with van der Waals surface area (Å²) in [5, 5.41) is 4.19. The third-order valence-electron chi connectivity index (χ3n) is 3.47. The molecule has 3 aromatic rings. The molecule has 0 unspecified atom stereocenters. The van der Waals surface area contributed by atoms with Crippen LogP contribution < -0.4 is 10.5 Å². The molecular weight excluding hydrogens is 326 g/mol. The Morgan fingerprint density at radius 3 is 2.76 bits per heavy atom. The number of hydrogen-bond acceptors (Lipinski definition) is 4. The summed E-state index contributed by atoms with van der Waals surface area (Å²) in [6.45, 7) is 1.77. The van der Waals surface area contributed by atoms with Gasteiger partial charge in [-0.25, -0.2) is 18.4 Å². The highest BCUT2D eigenvalue weighted by Gasteiger charge is 2.07. The third-order valence-corrected chi connectivity index (χ3v) is 3.47. The molecule has 3 rings (SSSR count). The first kappa shape index (κ1) is 16.6. The number of imidazole rings is 1. The maximum absolute atomic E-state index is 13.7. The van der Waals surface area contributed by atoms with Gasteiger partial charge in [0.05, 0.1) is 18.1 Å². The van der Waals surface area contributed by atoms with Crippen molar-refractivity contribution >= 4 is 12.2 Å². The average molecular weight is 342 g/mol. The molecule has 0 radical (unpaired) electrons. The summed E-state index contributed by atoms with van der Waals surface area (Å²) in [6.07, 6.45) is 3.14. The molecule has 0 saturated heterocycles. The molecule has 1 aromatic heterocycles. The fraction of sp³-hybridized carbons (Fsp3) is 0.111. The van der Waals surface area contributed by atoms with Crippen molar-refractivity contribution < 1.29 is 13.5 Å². The highest BCUT2D eigenvalue weighted by Crippen LogP contribution is 2.21. The molecule has 0 spiro atoms. The molecule has 0 saturated carbocycles. The second-order valence-electron chi connectivity index (χ2n) is 5.39. The highest BCUT2D eigenvalue weighted by molar-refractivity contribution is 5.83. The first-order valence-corrected chi connectivity index (χ1v) is 7.54. The maximum Gasteiger partial charge on any atom is 0.221 e. The van der Waals surface area contributed by atoms with Crippen LogP contribution in [0.4, 0.5) is 14.7 Å². The maximum atomic E-state index is 13.7. The number of nitrogen functional groups attached to an aromatic ring is 1. The molecule has 2 aromatic carbocycles. The SMILES string of the molecule is Cc1cn(N=Cc2ccc(F)cc2OCc2ccccc2F)c(N)n1. The molecule has 128 valence electrons. The highest BCUT2D eigenvalue weighted by atomic mass is 19.1. The van der Waals surface area contributed by atoms with Crippen LogP contribution in [-0.4, -0.2) is 15.9 Å². The summed E-state index contributed by atoms with van der Waals surface area (Å²) in [5.74, 6) is -0.346. The summed E-state index contributed by atoms with van der Waals surface area (Å²) in [5.41, 5.74) is 7.36. The van der Waals surface area contributed by atoms with Crippen molar-refractivity contribution in [2.45, 2.75) is 13.5 Å². The number of benzene rings is 2. The van der Waals surface area contributed by atoms with E-state index in [1.165, 1.54) is 35.2 Å². The van der Waals surface area contributed by atoms with E-state index >= 15 is 0 Å². The Kier molecular flexibility index (Phi) is 4.74. The molecule has 0 fully saturated rings. The van der Waals surface area contributed by atoms with Gasteiger partial charge in [-0.15, -0.1) is 0 Å². The van der Waals surface area contributed by atoms with E-state index < -0.39 is 5.82 Å². The second-order valence-corrected chi connectivity index (χ2v) is 5.39. The Morgan fingerprint density at radius 1 is 1.24 bits per heavy atom. The molecule has 0 aliphatic carbocycles. The molecule has 1 heterocycles. The van der Waals surface area contributed by atoms with E-state index in [1.807, 2.05) is 0 Å². The lowest BCUT2D eigenvalue weighted by Gasteiger charge is -2.10. The topological polar surface area (TPSA) is 65.4 Å². The summed E-state index contributed by atoms with van der Waals surface area (Å²) < 4.78 is 34.2. The Morgan fingerprint density at radius 2 is 2.04 bits per heavy atom. The van der Waals surface area contributed by atoms with Crippen molar-refractivity contribution in [3.63, 3.8) is 0 Å². The molecule has 5 nitrogen and oxygen atoms in total. The lowest BCUT2D eigenvalue weighted by atomic mass is 10.2. The standard InChI is InChI=1S/C18H16F2N4O/c1-12-10-24(18(21)23-12)22-9-13-6-7-15(19)8-17(13)25-11-14-4-2-3-5-16(14)20/h2-10H,11H2,1H3,(H2,21,23). The average Bonchev–Trinajstić information content (AvgIpc) is 2.91. The van der Waals surface area contributed by atoms with Gasteiger partial charge < -0.3 is 10.5 Å². The molecule has 0 amide bonds. The number of rotatable bonds is 5. The molecule has 2 N–H and O–H groups in total. The molecule has 25 heavy (non-hydrogen) atoms. The van der Waals surface area contributed by atoms with Crippen molar-refractivity contribution in [1.82, 2.24) is 9.66 Å². The number of nitrogens with two attached hydrogens (primary N) is 1. The molecule has 7 heteroatoms. The van der Waals surface area contributed by atoms with Crippen molar-refractivity contribution in [1.29, 1.82) is 0 Å². The van der Waals surface area contributed by atoms with E-state index in [0.717, 1.165) is 5.69 Å². The first-order valence-electron chi connectivity index (χ1n) is 7.54. The zero-order valence-electron chi connectivity index (χ0n) is 13.5. The van der Waals surface area contributed by atoms with Crippen LogP contribution in [0, 0.1) is 18.6 Å². The summed E-state index contributed by atoms with van der Waals surface area (Å²) in [7, 11) is 0. The third kappa shape index (κ3) is 4.00. The van der Waals surface area contributed by atoms with Gasteiger partial charge in [-0.05, 0) is 25.1 Å². The number of anilines is 1.